The number of fused-ring (bicyclic) bond motifs is 1. The summed E-state index contributed by atoms with van der Waals surface area (Å²) in [7, 11) is 0. The predicted octanol–water partition coefficient (Wildman–Crippen LogP) is 3.22. The maximum atomic E-state index is 8.44. The molecule has 132 valence electrons. The van der Waals surface area contributed by atoms with Crippen LogP contribution in [0.25, 0.3) is 10.4 Å². The molecule has 0 saturated carbocycles. The van der Waals surface area contributed by atoms with Crippen molar-refractivity contribution in [1.82, 2.24) is 0 Å². The van der Waals surface area contributed by atoms with Crippen LogP contribution in [0.1, 0.15) is 46.0 Å². The van der Waals surface area contributed by atoms with Crippen molar-refractivity contribution >= 4 is 0 Å². The van der Waals surface area contributed by atoms with Gasteiger partial charge in [0.1, 0.15) is 18.3 Å². The van der Waals surface area contributed by atoms with Crippen LogP contribution >= 0.6 is 0 Å². The van der Waals surface area contributed by atoms with Gasteiger partial charge in [0.05, 0.1) is 25.4 Å². The molecule has 0 N–H and O–H groups in total. The summed E-state index contributed by atoms with van der Waals surface area (Å²) in [5, 5.41) is 3.61. The molecular formula is C16H29N3O4. The molecule has 0 aromatic carbocycles. The Morgan fingerprint density at radius 3 is 2.70 bits per heavy atom. The number of ether oxygens (including phenoxy) is 4. The molecule has 23 heavy (non-hydrogen) atoms. The number of unbranched alkanes of at least 4 members (excludes halogenated alkanes) is 2. The molecule has 7 heteroatoms. The summed E-state index contributed by atoms with van der Waals surface area (Å²) in [4.78, 5) is 2.80. The van der Waals surface area contributed by atoms with Crippen molar-refractivity contribution in [2.24, 2.45) is 5.11 Å². The van der Waals surface area contributed by atoms with Crippen LogP contribution in [0.5, 0.6) is 0 Å². The minimum atomic E-state index is -0.0933. The van der Waals surface area contributed by atoms with Gasteiger partial charge in [-0.15, -0.1) is 0 Å². The van der Waals surface area contributed by atoms with E-state index in [9.17, 15) is 0 Å². The molecule has 1 unspecified atom stereocenters. The van der Waals surface area contributed by atoms with E-state index in [1.165, 1.54) is 0 Å². The van der Waals surface area contributed by atoms with E-state index < -0.39 is 0 Å². The fourth-order valence-electron chi connectivity index (χ4n) is 3.09. The topological polar surface area (TPSA) is 85.7 Å². The lowest BCUT2D eigenvalue weighted by atomic mass is 10.1. The molecule has 0 aliphatic carbocycles. The summed E-state index contributed by atoms with van der Waals surface area (Å²) >= 11 is 0. The Labute approximate surface area is 138 Å². The van der Waals surface area contributed by atoms with Crippen LogP contribution in [0.3, 0.4) is 0 Å². The zero-order chi connectivity index (χ0) is 16.5. The molecular weight excluding hydrogens is 298 g/mol. The van der Waals surface area contributed by atoms with E-state index in [0.29, 0.717) is 19.8 Å². The van der Waals surface area contributed by atoms with E-state index in [0.717, 1.165) is 38.7 Å². The lowest BCUT2D eigenvalue weighted by molar-refractivity contribution is -0.0935. The molecule has 5 atom stereocenters. The van der Waals surface area contributed by atoms with Crippen LogP contribution in [0.2, 0.25) is 0 Å². The highest BCUT2D eigenvalue weighted by atomic mass is 16.6. The van der Waals surface area contributed by atoms with Gasteiger partial charge in [-0.05, 0) is 18.4 Å². The number of azide groups is 1. The van der Waals surface area contributed by atoms with E-state index in [4.69, 9.17) is 24.5 Å². The number of nitrogens with zero attached hydrogens (tertiary/aromatic N) is 3. The van der Waals surface area contributed by atoms with Crippen LogP contribution < -0.4 is 0 Å². The first-order valence-electron chi connectivity index (χ1n) is 8.81. The highest BCUT2D eigenvalue weighted by Gasteiger charge is 2.51. The molecule has 2 aliphatic heterocycles. The first kappa shape index (κ1) is 18.5. The molecule has 7 nitrogen and oxygen atoms in total. The van der Waals surface area contributed by atoms with E-state index in [-0.39, 0.29) is 30.5 Å². The van der Waals surface area contributed by atoms with Gasteiger partial charge in [0.25, 0.3) is 0 Å². The van der Waals surface area contributed by atoms with Gasteiger partial charge in [-0.2, -0.15) is 0 Å². The Hall–Kier alpha value is -0.850. The summed E-state index contributed by atoms with van der Waals surface area (Å²) < 4.78 is 23.9. The second kappa shape index (κ2) is 10.1. The molecule has 0 aromatic rings. The maximum Gasteiger partial charge on any atom is 0.115 e. The van der Waals surface area contributed by atoms with Crippen molar-refractivity contribution in [2.75, 3.05) is 26.4 Å². The molecule has 2 fully saturated rings. The summed E-state index contributed by atoms with van der Waals surface area (Å²) in [6, 6.07) is 0. The largest absolute Gasteiger partial charge is 0.379 e. The molecule has 0 radical (unpaired) electrons. The molecule has 0 spiro atoms. The van der Waals surface area contributed by atoms with Gasteiger partial charge in [-0.1, -0.05) is 31.8 Å². The van der Waals surface area contributed by atoms with E-state index in [1.54, 1.807) is 0 Å². The third-order valence-corrected chi connectivity index (χ3v) is 4.33. The van der Waals surface area contributed by atoms with Gasteiger partial charge >= 0.3 is 0 Å². The van der Waals surface area contributed by atoms with Crippen molar-refractivity contribution < 1.29 is 18.9 Å². The molecule has 0 amide bonds. The fraction of sp³-hybridized carbons (Fsp3) is 1.00. The van der Waals surface area contributed by atoms with Crippen molar-refractivity contribution in [3.63, 3.8) is 0 Å². The summed E-state index contributed by atoms with van der Waals surface area (Å²) in [6.45, 7) is 6.66. The van der Waals surface area contributed by atoms with E-state index in [2.05, 4.69) is 23.9 Å². The first-order chi connectivity index (χ1) is 11.3. The third kappa shape index (κ3) is 5.33. The average Bonchev–Trinajstić information content (AvgIpc) is 3.08. The van der Waals surface area contributed by atoms with E-state index >= 15 is 0 Å². The highest BCUT2D eigenvalue weighted by Crippen LogP contribution is 2.36. The Bertz CT molecular complexity index is 390. The molecule has 0 aromatic heterocycles. The lowest BCUT2D eigenvalue weighted by Crippen LogP contribution is -2.38. The maximum absolute atomic E-state index is 8.44. The Morgan fingerprint density at radius 1 is 1.17 bits per heavy atom. The number of rotatable bonds is 11. The van der Waals surface area contributed by atoms with Crippen molar-refractivity contribution in [3.05, 3.63) is 10.4 Å². The van der Waals surface area contributed by atoms with Crippen molar-refractivity contribution in [3.8, 4) is 0 Å². The van der Waals surface area contributed by atoms with Gasteiger partial charge in [0.15, 0.2) is 0 Å². The fourth-order valence-corrected chi connectivity index (χ4v) is 3.09. The van der Waals surface area contributed by atoms with Crippen LogP contribution in [0, 0.1) is 0 Å². The molecule has 0 bridgehead atoms. The zero-order valence-electron chi connectivity index (χ0n) is 14.2. The summed E-state index contributed by atoms with van der Waals surface area (Å²) in [6.07, 6.45) is 4.76. The summed E-state index contributed by atoms with van der Waals surface area (Å²) in [5.74, 6) is 0. The second-order valence-corrected chi connectivity index (χ2v) is 6.20. The standard InChI is InChI=1S/C16H29N3O4/c1-3-5-7-20-11-14-15(21-8-6-4-2)16-13(23-14)9-12(22-16)10-18-19-17/h12-16H,3-11H2,1-2H3/t12?,13-,14+,15+,16+/m0/s1. The molecule has 2 heterocycles. The third-order valence-electron chi connectivity index (χ3n) is 4.33. The molecule has 2 aliphatic rings. The average molecular weight is 327 g/mol. The second-order valence-electron chi connectivity index (χ2n) is 6.20. The summed E-state index contributed by atoms with van der Waals surface area (Å²) in [5.41, 5.74) is 8.44. The number of hydrogen-bond acceptors (Lipinski definition) is 5. The first-order valence-corrected chi connectivity index (χ1v) is 8.81. The van der Waals surface area contributed by atoms with Crippen LogP contribution in [-0.4, -0.2) is 56.9 Å². The van der Waals surface area contributed by atoms with Gasteiger partial charge in [-0.3, -0.25) is 0 Å². The Morgan fingerprint density at radius 2 is 1.96 bits per heavy atom. The van der Waals surface area contributed by atoms with Gasteiger partial charge in [0.2, 0.25) is 0 Å². The van der Waals surface area contributed by atoms with Gasteiger partial charge < -0.3 is 18.9 Å². The van der Waals surface area contributed by atoms with Crippen LogP contribution in [0.4, 0.5) is 0 Å². The lowest BCUT2D eigenvalue weighted by Gasteiger charge is -2.24. The quantitative estimate of drug-likeness (QED) is 0.252. The van der Waals surface area contributed by atoms with Crippen LogP contribution in [0.15, 0.2) is 5.11 Å². The normalized spacial score (nSPS) is 32.7. The monoisotopic (exact) mass is 327 g/mol. The minimum absolute atomic E-state index is 0.0142. The smallest absolute Gasteiger partial charge is 0.115 e. The molecule has 2 rings (SSSR count). The number of hydrogen-bond donors (Lipinski definition) is 0. The zero-order valence-corrected chi connectivity index (χ0v) is 14.2. The van der Waals surface area contributed by atoms with Crippen molar-refractivity contribution in [1.29, 1.82) is 0 Å². The Balaban J connectivity index is 1.86. The van der Waals surface area contributed by atoms with Crippen molar-refractivity contribution in [2.45, 2.75) is 76.5 Å². The molecule has 2 saturated heterocycles. The Kier molecular flexibility index (Phi) is 8.12. The van der Waals surface area contributed by atoms with E-state index in [1.807, 2.05) is 0 Å². The van der Waals surface area contributed by atoms with Gasteiger partial charge in [0, 0.05) is 24.5 Å². The highest BCUT2D eigenvalue weighted by molar-refractivity contribution is 4.99. The van der Waals surface area contributed by atoms with Crippen LogP contribution in [-0.2, 0) is 18.9 Å². The SMILES string of the molecule is CCCCOC[C@H]1O[C@H]2CC(CN=[N+]=[N-])O[C@H]2[C@@H]1OCCCC. The predicted molar refractivity (Wildman–Crippen MR) is 86.3 cm³/mol. The minimum Gasteiger partial charge on any atom is -0.379 e. The van der Waals surface area contributed by atoms with Gasteiger partial charge in [-0.25, -0.2) is 0 Å².